The first kappa shape index (κ1) is 21.8. The number of imidazole rings is 1. The fraction of sp³-hybridized carbons (Fsp3) is 0.333. The Hall–Kier alpha value is -3.44. The van der Waals surface area contributed by atoms with E-state index >= 15 is 0 Å². The lowest BCUT2D eigenvalue weighted by atomic mass is 10.2. The van der Waals surface area contributed by atoms with Crippen molar-refractivity contribution in [2.24, 2.45) is 12.9 Å². The smallest absolute Gasteiger partial charge is 0.416 e. The number of carbonyl (C=O) groups is 1. The lowest BCUT2D eigenvalue weighted by molar-refractivity contribution is 0.0577. The van der Waals surface area contributed by atoms with Crippen LogP contribution in [0.2, 0.25) is 0 Å². The van der Waals surface area contributed by atoms with Crippen LogP contribution >= 0.6 is 11.3 Å². The maximum Gasteiger partial charge on any atom is 0.416 e. The lowest BCUT2D eigenvalue weighted by Gasteiger charge is -2.27. The van der Waals surface area contributed by atoms with E-state index in [1.54, 1.807) is 13.4 Å². The Morgan fingerprint density at radius 3 is 2.59 bits per heavy atom. The van der Waals surface area contributed by atoms with Crippen LogP contribution in [0.1, 0.15) is 26.3 Å². The highest BCUT2D eigenvalue weighted by atomic mass is 32.1. The third-order valence-corrected chi connectivity index (χ3v) is 5.66. The van der Waals surface area contributed by atoms with Crippen LogP contribution in [-0.4, -0.2) is 38.3 Å². The number of nitrogens with zero attached hydrogens (tertiary/aromatic N) is 5. The molecule has 0 atom stereocenters. The van der Waals surface area contributed by atoms with E-state index < -0.39 is 11.7 Å². The number of methoxy groups -OCH3 is 1. The third kappa shape index (κ3) is 4.16. The zero-order valence-corrected chi connectivity index (χ0v) is 19.4. The molecule has 1 aromatic carbocycles. The van der Waals surface area contributed by atoms with E-state index in [-0.39, 0.29) is 6.54 Å². The van der Waals surface area contributed by atoms with Crippen LogP contribution in [0.15, 0.2) is 30.6 Å². The van der Waals surface area contributed by atoms with Gasteiger partial charge in [-0.3, -0.25) is 10.3 Å². The van der Waals surface area contributed by atoms with Crippen LogP contribution in [0.3, 0.4) is 0 Å². The van der Waals surface area contributed by atoms with Crippen molar-refractivity contribution in [1.82, 2.24) is 19.5 Å². The molecule has 4 rings (SSSR count). The van der Waals surface area contributed by atoms with Gasteiger partial charge in [0.15, 0.2) is 16.6 Å². The molecule has 4 aromatic rings. The molecule has 1 amide bonds. The van der Waals surface area contributed by atoms with E-state index in [1.807, 2.05) is 56.7 Å². The summed E-state index contributed by atoms with van der Waals surface area (Å²) in [7, 11) is 3.49. The first-order valence-electron chi connectivity index (χ1n) is 9.92. The van der Waals surface area contributed by atoms with Crippen molar-refractivity contribution in [2.75, 3.05) is 17.4 Å². The van der Waals surface area contributed by atoms with E-state index in [4.69, 9.17) is 20.3 Å². The number of hydrogen-bond donors (Lipinski definition) is 2. The summed E-state index contributed by atoms with van der Waals surface area (Å²) in [6.07, 6.45) is 1.16. The molecule has 32 heavy (non-hydrogen) atoms. The minimum Gasteiger partial charge on any atom is -0.497 e. The zero-order chi connectivity index (χ0) is 23.0. The van der Waals surface area contributed by atoms with Crippen LogP contribution in [0, 0.1) is 0 Å². The summed E-state index contributed by atoms with van der Waals surface area (Å²) < 4.78 is 13.6. The highest BCUT2D eigenvalue weighted by Gasteiger charge is 2.29. The van der Waals surface area contributed by atoms with Crippen molar-refractivity contribution < 1.29 is 14.3 Å². The number of aryl methyl sites for hydroxylation is 1. The molecule has 11 heteroatoms. The molecule has 3 N–H and O–H groups in total. The molecule has 0 radical (unpaired) electrons. The van der Waals surface area contributed by atoms with Gasteiger partial charge in [-0.05, 0) is 38.5 Å². The summed E-state index contributed by atoms with van der Waals surface area (Å²) in [6, 6.07) is 7.47. The first-order valence-corrected chi connectivity index (χ1v) is 10.7. The number of nitrogens with two attached hydrogens (primary N) is 1. The molecule has 0 aliphatic rings. The van der Waals surface area contributed by atoms with Gasteiger partial charge in [-0.2, -0.15) is 4.98 Å². The number of ether oxygens (including phenoxy) is 2. The normalized spacial score (nSPS) is 11.7. The minimum atomic E-state index is -0.681. The Balaban J connectivity index is 1.87. The number of carbonyl (C=O) groups excluding carboxylic acids is 1. The summed E-state index contributed by atoms with van der Waals surface area (Å²) in [6.45, 7) is 5.70. The standard InChI is InChI=1S/C21H25N7O3S/c1-21(2,3)31-20(29)28(10-12-6-8-13(30-5)9-7-12)18-14-15(27(4)11-23-14)16-17(24-18)25-19(26-22)32-16/h6-9,11H,10,22H2,1-5H3,(H,24,25,26). The third-order valence-electron chi connectivity index (χ3n) is 4.68. The van der Waals surface area contributed by atoms with Gasteiger partial charge in [0.05, 0.1) is 25.5 Å². The maximum absolute atomic E-state index is 13.3. The van der Waals surface area contributed by atoms with Gasteiger partial charge in [-0.25, -0.2) is 20.6 Å². The summed E-state index contributed by atoms with van der Waals surface area (Å²) >= 11 is 1.37. The van der Waals surface area contributed by atoms with E-state index in [9.17, 15) is 4.79 Å². The number of pyridine rings is 1. The van der Waals surface area contributed by atoms with Crippen LogP contribution in [0.5, 0.6) is 5.75 Å². The molecule has 10 nitrogen and oxygen atoms in total. The van der Waals surface area contributed by atoms with Crippen molar-refractivity contribution >= 4 is 49.8 Å². The van der Waals surface area contributed by atoms with Gasteiger partial charge in [-0.15, -0.1) is 0 Å². The molecule has 0 saturated heterocycles. The SMILES string of the molecule is COc1ccc(CN(C(=O)OC(C)(C)C)c2nc3nc(NN)sc3c3c2ncn3C)cc1. The lowest BCUT2D eigenvalue weighted by Crippen LogP contribution is -2.37. The second kappa shape index (κ2) is 8.24. The molecule has 168 valence electrons. The van der Waals surface area contributed by atoms with Gasteiger partial charge in [-0.1, -0.05) is 23.5 Å². The number of benzene rings is 1. The van der Waals surface area contributed by atoms with Crippen molar-refractivity contribution in [3.05, 3.63) is 36.2 Å². The second-order valence-corrected chi connectivity index (χ2v) is 9.22. The summed E-state index contributed by atoms with van der Waals surface area (Å²) in [5.41, 5.74) is 4.62. The monoisotopic (exact) mass is 455 g/mol. The largest absolute Gasteiger partial charge is 0.497 e. The highest BCUT2D eigenvalue weighted by Crippen LogP contribution is 2.36. The summed E-state index contributed by atoms with van der Waals surface area (Å²) in [5, 5.41) is 0.520. The van der Waals surface area contributed by atoms with Crippen LogP contribution in [-0.2, 0) is 18.3 Å². The molecule has 3 aromatic heterocycles. The molecule has 0 aliphatic carbocycles. The Morgan fingerprint density at radius 2 is 1.97 bits per heavy atom. The molecule has 0 aliphatic heterocycles. The predicted octanol–water partition coefficient (Wildman–Crippen LogP) is 3.81. The van der Waals surface area contributed by atoms with E-state index in [0.717, 1.165) is 21.5 Å². The number of anilines is 2. The number of thiazole rings is 1. The number of hydrazine groups is 1. The van der Waals surface area contributed by atoms with Gasteiger partial charge in [0.1, 0.15) is 21.6 Å². The number of nitrogens with one attached hydrogen (secondary N) is 1. The second-order valence-electron chi connectivity index (χ2n) is 8.22. The number of rotatable bonds is 5. The fourth-order valence-electron chi connectivity index (χ4n) is 3.26. The molecule has 0 fully saturated rings. The van der Waals surface area contributed by atoms with Crippen molar-refractivity contribution in [1.29, 1.82) is 0 Å². The molecule has 3 heterocycles. The van der Waals surface area contributed by atoms with Gasteiger partial charge in [0, 0.05) is 7.05 Å². The van der Waals surface area contributed by atoms with Crippen molar-refractivity contribution in [3.63, 3.8) is 0 Å². The fourth-order valence-corrected chi connectivity index (χ4v) is 4.17. The Kier molecular flexibility index (Phi) is 5.61. The highest BCUT2D eigenvalue weighted by molar-refractivity contribution is 7.23. The average molecular weight is 456 g/mol. The Labute approximate surface area is 188 Å². The zero-order valence-electron chi connectivity index (χ0n) is 18.5. The van der Waals surface area contributed by atoms with Gasteiger partial charge >= 0.3 is 6.09 Å². The summed E-state index contributed by atoms with van der Waals surface area (Å²) in [4.78, 5) is 28.4. The molecule has 0 bridgehead atoms. The number of amides is 1. The first-order chi connectivity index (χ1) is 15.2. The quantitative estimate of drug-likeness (QED) is 0.344. The Bertz CT molecular complexity index is 1270. The number of fused-ring (bicyclic) bond motifs is 3. The topological polar surface area (TPSA) is 120 Å². The number of nitrogen functional groups attached to an aromatic ring is 1. The van der Waals surface area contributed by atoms with Crippen LogP contribution in [0.25, 0.3) is 21.4 Å². The van der Waals surface area contributed by atoms with Crippen molar-refractivity contribution in [2.45, 2.75) is 32.9 Å². The molecular weight excluding hydrogens is 430 g/mol. The van der Waals surface area contributed by atoms with Crippen LogP contribution < -0.4 is 20.9 Å². The van der Waals surface area contributed by atoms with Crippen molar-refractivity contribution in [3.8, 4) is 5.75 Å². The predicted molar refractivity (Wildman–Crippen MR) is 125 cm³/mol. The Morgan fingerprint density at radius 1 is 1.25 bits per heavy atom. The van der Waals surface area contributed by atoms with E-state index in [1.165, 1.54) is 16.2 Å². The number of aromatic nitrogens is 4. The summed E-state index contributed by atoms with van der Waals surface area (Å²) in [5.74, 6) is 6.66. The van der Waals surface area contributed by atoms with Gasteiger partial charge in [0.2, 0.25) is 0 Å². The minimum absolute atomic E-state index is 0.231. The maximum atomic E-state index is 13.3. The number of hydrogen-bond acceptors (Lipinski definition) is 9. The molecule has 0 saturated carbocycles. The van der Waals surface area contributed by atoms with E-state index in [2.05, 4.69) is 15.4 Å². The average Bonchev–Trinajstić information content (AvgIpc) is 3.33. The molecule has 0 unspecified atom stereocenters. The molecular formula is C21H25N7O3S. The van der Waals surface area contributed by atoms with E-state index in [0.29, 0.717) is 22.1 Å². The molecule has 0 spiro atoms. The van der Waals surface area contributed by atoms with Gasteiger partial charge in [0.25, 0.3) is 0 Å². The van der Waals surface area contributed by atoms with Gasteiger partial charge < -0.3 is 14.0 Å². The van der Waals surface area contributed by atoms with Crippen LogP contribution in [0.4, 0.5) is 15.7 Å².